The molecule has 8 heteroatoms. The van der Waals surface area contributed by atoms with E-state index in [0.29, 0.717) is 18.1 Å². The number of carbonyl (C=O) groups excluding carboxylic acids is 2. The van der Waals surface area contributed by atoms with Crippen LogP contribution in [0.5, 0.6) is 11.5 Å². The third kappa shape index (κ3) is 7.20. The highest BCUT2D eigenvalue weighted by Gasteiger charge is 2.41. The number of rotatable bonds is 7. The topological polar surface area (TPSA) is 91.3 Å². The maximum absolute atomic E-state index is 13.9. The number of aromatic hydroxyl groups is 1. The normalized spacial score (nSPS) is 23.7. The van der Waals surface area contributed by atoms with Crippen molar-refractivity contribution in [3.8, 4) is 11.5 Å². The number of phenolic OH excluding ortho intramolecular Hbond substituents is 1. The van der Waals surface area contributed by atoms with Crippen LogP contribution in [0.1, 0.15) is 71.6 Å². The predicted molar refractivity (Wildman–Crippen MR) is 165 cm³/mol. The number of hydrogen-bond acceptors (Lipinski definition) is 6. The summed E-state index contributed by atoms with van der Waals surface area (Å²) in [6.45, 7) is 17.1. The molecule has 0 saturated carbocycles. The van der Waals surface area contributed by atoms with E-state index in [9.17, 15) is 14.7 Å². The second-order valence-corrected chi connectivity index (χ2v) is 13.7. The lowest BCUT2D eigenvalue weighted by molar-refractivity contribution is -0.128. The molecule has 42 heavy (non-hydrogen) atoms. The van der Waals surface area contributed by atoms with Crippen LogP contribution >= 0.6 is 0 Å². The Morgan fingerprint density at radius 2 is 1.88 bits per heavy atom. The number of benzene rings is 2. The third-order valence-electron chi connectivity index (χ3n) is 9.13. The Bertz CT molecular complexity index is 1270. The molecule has 0 radical (unpaired) electrons. The molecule has 4 rings (SSSR count). The van der Waals surface area contributed by atoms with E-state index in [4.69, 9.17) is 9.47 Å². The highest BCUT2D eigenvalue weighted by atomic mass is 16.6. The Balaban J connectivity index is 1.48. The molecule has 0 spiro atoms. The van der Waals surface area contributed by atoms with Gasteiger partial charge in [-0.25, -0.2) is 4.79 Å². The van der Waals surface area contributed by atoms with Crippen molar-refractivity contribution in [1.29, 1.82) is 0 Å². The number of ether oxygens (including phenoxy) is 2. The number of hydrogen-bond donors (Lipinski definition) is 2. The number of piperidine rings is 1. The molecule has 0 bridgehead atoms. The van der Waals surface area contributed by atoms with Crippen molar-refractivity contribution in [3.05, 3.63) is 59.2 Å². The van der Waals surface area contributed by atoms with Crippen molar-refractivity contribution < 1.29 is 24.2 Å². The Labute approximate surface area is 251 Å². The van der Waals surface area contributed by atoms with Gasteiger partial charge in [-0.05, 0) is 91.9 Å². The van der Waals surface area contributed by atoms with E-state index in [0.717, 1.165) is 42.9 Å². The highest BCUT2D eigenvalue weighted by Crippen LogP contribution is 2.40. The van der Waals surface area contributed by atoms with E-state index < -0.39 is 17.7 Å². The minimum Gasteiger partial charge on any atom is -0.508 e. The SMILES string of the molecule is COc1ccc2c(c1)CN(C(=O)OC(C)(C)C)[C@@H](C(=O)N[C@H](CN1CC[C@@](C)(c3cccc(O)c3)[C@@H](C)C1)C(C)C)C2. The number of methoxy groups -OCH3 is 1. The fourth-order valence-corrected chi connectivity index (χ4v) is 6.19. The smallest absolute Gasteiger partial charge is 0.411 e. The Kier molecular flexibility index (Phi) is 9.46. The van der Waals surface area contributed by atoms with E-state index in [1.165, 1.54) is 5.56 Å². The van der Waals surface area contributed by atoms with Gasteiger partial charge in [-0.1, -0.05) is 45.9 Å². The molecule has 2 amide bonds. The van der Waals surface area contributed by atoms with Crippen molar-refractivity contribution in [2.45, 2.75) is 91.0 Å². The molecule has 2 N–H and O–H groups in total. The third-order valence-corrected chi connectivity index (χ3v) is 9.13. The molecule has 1 saturated heterocycles. The van der Waals surface area contributed by atoms with E-state index in [-0.39, 0.29) is 29.8 Å². The summed E-state index contributed by atoms with van der Waals surface area (Å²) in [5.41, 5.74) is 2.46. The molecule has 2 heterocycles. The Morgan fingerprint density at radius 3 is 2.50 bits per heavy atom. The Hall–Kier alpha value is -3.26. The monoisotopic (exact) mass is 579 g/mol. The molecule has 4 atom stereocenters. The molecule has 0 unspecified atom stereocenters. The zero-order valence-electron chi connectivity index (χ0n) is 26.6. The molecule has 2 aliphatic heterocycles. The van der Waals surface area contributed by atoms with Crippen molar-refractivity contribution >= 4 is 12.0 Å². The number of fused-ring (bicyclic) bond motifs is 1. The molecule has 0 aliphatic carbocycles. The van der Waals surface area contributed by atoms with Crippen LogP contribution in [-0.2, 0) is 27.9 Å². The molecule has 0 aromatic heterocycles. The van der Waals surface area contributed by atoms with E-state index >= 15 is 0 Å². The van der Waals surface area contributed by atoms with Gasteiger partial charge in [-0.3, -0.25) is 9.69 Å². The van der Waals surface area contributed by atoms with Gasteiger partial charge >= 0.3 is 6.09 Å². The molecule has 2 aromatic carbocycles. The van der Waals surface area contributed by atoms with E-state index in [1.807, 2.05) is 51.1 Å². The molecule has 2 aromatic rings. The predicted octanol–water partition coefficient (Wildman–Crippen LogP) is 5.50. The average Bonchev–Trinajstić information content (AvgIpc) is 2.92. The van der Waals surface area contributed by atoms with Crippen molar-refractivity contribution in [1.82, 2.24) is 15.1 Å². The first-order chi connectivity index (χ1) is 19.7. The second kappa shape index (κ2) is 12.5. The number of phenols is 1. The fraction of sp³-hybridized carbons (Fsp3) is 0.588. The molecule has 8 nitrogen and oxygen atoms in total. The van der Waals surface area contributed by atoms with Crippen LogP contribution in [0.4, 0.5) is 4.79 Å². The summed E-state index contributed by atoms with van der Waals surface area (Å²) in [5, 5.41) is 13.4. The summed E-state index contributed by atoms with van der Waals surface area (Å²) < 4.78 is 11.1. The molecule has 1 fully saturated rings. The molecular formula is C34H49N3O5. The van der Waals surface area contributed by atoms with Crippen LogP contribution in [0.3, 0.4) is 0 Å². The van der Waals surface area contributed by atoms with Crippen LogP contribution in [0, 0.1) is 11.8 Å². The number of nitrogens with zero attached hydrogens (tertiary/aromatic N) is 2. The lowest BCUT2D eigenvalue weighted by Crippen LogP contribution is -2.58. The van der Waals surface area contributed by atoms with Crippen molar-refractivity contribution in [2.24, 2.45) is 11.8 Å². The second-order valence-electron chi connectivity index (χ2n) is 13.7. The Morgan fingerprint density at radius 1 is 1.14 bits per heavy atom. The first-order valence-electron chi connectivity index (χ1n) is 15.2. The van der Waals surface area contributed by atoms with Crippen LogP contribution in [0.2, 0.25) is 0 Å². The fourth-order valence-electron chi connectivity index (χ4n) is 6.19. The summed E-state index contributed by atoms with van der Waals surface area (Å²) >= 11 is 0. The van der Waals surface area contributed by atoms with Crippen molar-refractivity contribution in [2.75, 3.05) is 26.7 Å². The van der Waals surface area contributed by atoms with Gasteiger partial charge in [0.05, 0.1) is 13.7 Å². The molecule has 230 valence electrons. The van der Waals surface area contributed by atoms with Gasteiger partial charge in [0.25, 0.3) is 0 Å². The van der Waals surface area contributed by atoms with Crippen LogP contribution < -0.4 is 10.1 Å². The van der Waals surface area contributed by atoms with Gasteiger partial charge in [-0.15, -0.1) is 0 Å². The molecular weight excluding hydrogens is 530 g/mol. The van der Waals surface area contributed by atoms with Gasteiger partial charge in [0.2, 0.25) is 5.91 Å². The van der Waals surface area contributed by atoms with Gasteiger partial charge in [0.15, 0.2) is 0 Å². The lowest BCUT2D eigenvalue weighted by Gasteiger charge is -2.46. The van der Waals surface area contributed by atoms with E-state index in [1.54, 1.807) is 18.1 Å². The van der Waals surface area contributed by atoms with Crippen LogP contribution in [0.15, 0.2) is 42.5 Å². The van der Waals surface area contributed by atoms with Gasteiger partial charge in [0, 0.05) is 25.6 Å². The number of carbonyl (C=O) groups is 2. The number of amides is 2. The first-order valence-corrected chi connectivity index (χ1v) is 15.2. The standard InChI is InChI=1S/C34H49N3O5/c1-22(2)29(21-36-15-14-34(7,23(3)19-36)26-10-9-11-27(38)18-26)35-31(39)30-17-24-12-13-28(41-8)16-25(24)20-37(30)32(40)42-33(4,5)6/h9-13,16,18,22-23,29-30,38H,14-15,17,19-21H2,1-8H3,(H,35,39)/t23-,29+,30+,34+/m0/s1. The zero-order valence-corrected chi connectivity index (χ0v) is 26.6. The minimum absolute atomic E-state index is 0.0299. The largest absolute Gasteiger partial charge is 0.508 e. The number of nitrogens with one attached hydrogen (secondary N) is 1. The van der Waals surface area contributed by atoms with Crippen LogP contribution in [-0.4, -0.2) is 71.3 Å². The van der Waals surface area contributed by atoms with E-state index in [2.05, 4.69) is 44.0 Å². The van der Waals surface area contributed by atoms with Gasteiger partial charge < -0.3 is 24.8 Å². The maximum Gasteiger partial charge on any atom is 0.411 e. The quantitative estimate of drug-likeness (QED) is 0.450. The molecule has 2 aliphatic rings. The summed E-state index contributed by atoms with van der Waals surface area (Å²) in [6.07, 6.45) is 0.887. The van der Waals surface area contributed by atoms with Gasteiger partial charge in [-0.2, -0.15) is 0 Å². The maximum atomic E-state index is 13.9. The minimum atomic E-state index is -0.675. The summed E-state index contributed by atoms with van der Waals surface area (Å²) in [6, 6.07) is 12.7. The summed E-state index contributed by atoms with van der Waals surface area (Å²) in [7, 11) is 1.62. The summed E-state index contributed by atoms with van der Waals surface area (Å²) in [4.78, 5) is 31.3. The average molecular weight is 580 g/mol. The highest BCUT2D eigenvalue weighted by molar-refractivity contribution is 5.87. The lowest BCUT2D eigenvalue weighted by atomic mass is 9.68. The van der Waals surface area contributed by atoms with Crippen LogP contribution in [0.25, 0.3) is 0 Å². The number of likely N-dealkylation sites (tertiary alicyclic amines) is 1. The summed E-state index contributed by atoms with van der Waals surface area (Å²) in [5.74, 6) is 1.44. The zero-order chi connectivity index (χ0) is 30.8. The van der Waals surface area contributed by atoms with Crippen molar-refractivity contribution in [3.63, 3.8) is 0 Å². The van der Waals surface area contributed by atoms with Gasteiger partial charge in [0.1, 0.15) is 23.1 Å². The first kappa shape index (κ1) is 31.7.